The molecule has 1 atom stereocenters. The van der Waals surface area contributed by atoms with Crippen molar-refractivity contribution in [2.45, 2.75) is 69.5 Å². The summed E-state index contributed by atoms with van der Waals surface area (Å²) in [4.78, 5) is 85.3. The van der Waals surface area contributed by atoms with E-state index in [9.17, 15) is 37.2 Å². The third kappa shape index (κ3) is 10.9. The highest BCUT2D eigenvalue weighted by Gasteiger charge is 2.45. The Morgan fingerprint density at radius 3 is 2.23 bits per heavy atom. The highest BCUT2D eigenvalue weighted by molar-refractivity contribution is 7.87. The smallest absolute Gasteiger partial charge is 0.279 e. The summed E-state index contributed by atoms with van der Waals surface area (Å²) in [5.41, 5.74) is 0.676. The Morgan fingerprint density at radius 1 is 0.823 bits per heavy atom. The summed E-state index contributed by atoms with van der Waals surface area (Å²) in [6, 6.07) is 6.72. The number of hydrogen-bond acceptors (Lipinski definition) is 15. The second kappa shape index (κ2) is 20.8. The summed E-state index contributed by atoms with van der Waals surface area (Å²) in [6.45, 7) is 1.90. The summed E-state index contributed by atoms with van der Waals surface area (Å²) in [5.74, 6) is -2.75. The molecule has 21 nitrogen and oxygen atoms in total. The molecule has 22 heteroatoms. The average Bonchev–Trinajstić information content (AvgIpc) is 3.87. The number of carbonyl (C=O) groups is 5. The molecular formula is C40H51N9O12S. The van der Waals surface area contributed by atoms with Gasteiger partial charge in [0.1, 0.15) is 18.3 Å². The molecule has 7 rings (SSSR count). The molecule has 0 radical (unpaired) electrons. The van der Waals surface area contributed by atoms with Gasteiger partial charge in [0.05, 0.1) is 63.1 Å². The zero-order valence-electron chi connectivity index (χ0n) is 34.2. The Hall–Kier alpha value is -5.23. The highest BCUT2D eigenvalue weighted by atomic mass is 32.2. The molecular weight excluding hydrogens is 831 g/mol. The largest absolute Gasteiger partial charge is 0.378 e. The summed E-state index contributed by atoms with van der Waals surface area (Å²) in [5, 5.41) is 8.87. The van der Waals surface area contributed by atoms with Gasteiger partial charge in [-0.15, -0.1) is 0 Å². The predicted octanol–water partition coefficient (Wildman–Crippen LogP) is 0.724. The first-order chi connectivity index (χ1) is 30.0. The summed E-state index contributed by atoms with van der Waals surface area (Å²) in [7, 11) is -3.69. The number of benzene rings is 1. The summed E-state index contributed by atoms with van der Waals surface area (Å²) in [6.07, 6.45) is 6.95. The number of fused-ring (bicyclic) bond motifs is 2. The number of anilines is 2. The molecule has 3 fully saturated rings. The Morgan fingerprint density at radius 2 is 1.52 bits per heavy atom. The first-order valence-corrected chi connectivity index (χ1v) is 22.3. The number of nitrogens with one attached hydrogen (secondary N) is 4. The SMILES string of the molecule is O=C1CCC(N2C(=O)c3cccc(NC(=O)COCCOCCOCCOCCNS(=O)(=O)N4CCC(Nc5ncc6ccc(=O)n(C7CCCC7)c6n5)CC4)c3C2=O)C(=O)N1. The lowest BCUT2D eigenvalue weighted by atomic mass is 10.0. The van der Waals surface area contributed by atoms with Gasteiger partial charge in [0.15, 0.2) is 0 Å². The van der Waals surface area contributed by atoms with Crippen molar-refractivity contribution in [3.63, 3.8) is 0 Å². The van der Waals surface area contributed by atoms with Gasteiger partial charge >= 0.3 is 0 Å². The molecule has 1 aromatic carbocycles. The molecule has 3 aliphatic heterocycles. The van der Waals surface area contributed by atoms with E-state index >= 15 is 0 Å². The van der Waals surface area contributed by atoms with E-state index in [1.165, 1.54) is 22.5 Å². The quantitative estimate of drug-likeness (QED) is 0.0850. The van der Waals surface area contributed by atoms with Gasteiger partial charge in [-0.25, -0.2) is 4.98 Å². The van der Waals surface area contributed by atoms with Crippen molar-refractivity contribution in [3.05, 3.63) is 58.0 Å². The minimum Gasteiger partial charge on any atom is -0.378 e. The molecule has 3 aromatic rings. The number of pyridine rings is 1. The van der Waals surface area contributed by atoms with Gasteiger partial charge < -0.3 is 29.6 Å². The number of aromatic nitrogens is 3. The molecule has 62 heavy (non-hydrogen) atoms. The van der Waals surface area contributed by atoms with Gasteiger partial charge in [-0.3, -0.25) is 43.6 Å². The molecule has 5 amide bonds. The number of piperidine rings is 2. The first-order valence-electron chi connectivity index (χ1n) is 20.8. The van der Waals surface area contributed by atoms with Crippen molar-refractivity contribution >= 4 is 62.4 Å². The maximum atomic E-state index is 13.2. The van der Waals surface area contributed by atoms with Crippen LogP contribution in [0.4, 0.5) is 11.6 Å². The van der Waals surface area contributed by atoms with Gasteiger partial charge in [0.2, 0.25) is 23.7 Å². The molecule has 1 unspecified atom stereocenters. The molecule has 0 spiro atoms. The number of imide groups is 2. The van der Waals surface area contributed by atoms with E-state index in [-0.39, 0.29) is 107 Å². The number of amides is 5. The molecule has 5 heterocycles. The van der Waals surface area contributed by atoms with E-state index in [2.05, 4.69) is 25.7 Å². The van der Waals surface area contributed by atoms with E-state index in [1.54, 1.807) is 22.9 Å². The van der Waals surface area contributed by atoms with Crippen LogP contribution >= 0.6 is 0 Å². The van der Waals surface area contributed by atoms with E-state index in [0.717, 1.165) is 36.0 Å². The minimum absolute atomic E-state index is 0.00591. The van der Waals surface area contributed by atoms with Gasteiger partial charge in [0.25, 0.3) is 27.6 Å². The number of nitrogens with zero attached hydrogens (tertiary/aromatic N) is 5. The van der Waals surface area contributed by atoms with Gasteiger partial charge in [-0.2, -0.15) is 22.4 Å². The van der Waals surface area contributed by atoms with E-state index in [4.69, 9.17) is 23.9 Å². The van der Waals surface area contributed by atoms with Crippen LogP contribution in [0.5, 0.6) is 0 Å². The molecule has 2 saturated heterocycles. The van der Waals surface area contributed by atoms with Crippen molar-refractivity contribution < 1.29 is 51.3 Å². The predicted molar refractivity (Wildman–Crippen MR) is 221 cm³/mol. The fraction of sp³-hybridized carbons (Fsp3) is 0.550. The minimum atomic E-state index is -3.69. The van der Waals surface area contributed by atoms with Crippen LogP contribution in [-0.2, 0) is 43.5 Å². The molecule has 2 aromatic heterocycles. The van der Waals surface area contributed by atoms with E-state index in [0.29, 0.717) is 37.5 Å². The van der Waals surface area contributed by atoms with Gasteiger partial charge in [-0.05, 0) is 50.3 Å². The monoisotopic (exact) mass is 881 g/mol. The second-order valence-electron chi connectivity index (χ2n) is 15.3. The second-order valence-corrected chi connectivity index (χ2v) is 17.0. The lowest BCUT2D eigenvalue weighted by Gasteiger charge is -2.31. The summed E-state index contributed by atoms with van der Waals surface area (Å²) < 4.78 is 53.4. The standard InChI is InChI=1S/C40H51N9O12S/c50-32-10-9-31(37(53)45-32)49-38(54)29-6-3-7-30(35(29)39(49)55)44-33(51)25-61-23-22-60-21-20-59-19-18-58-17-14-42-62(56,57)47-15-12-27(13-16-47)43-40-41-24-26-8-11-34(52)48(36(26)46-40)28-4-1-2-5-28/h3,6-8,11,24,27-28,31,42H,1-2,4-5,9-10,12-23,25H2,(H,44,51)(H,41,43,46)(H,45,50,53). The van der Waals surface area contributed by atoms with Crippen molar-refractivity contribution in [1.82, 2.24) is 33.8 Å². The number of rotatable bonds is 21. The molecule has 1 aliphatic carbocycles. The van der Waals surface area contributed by atoms with Crippen LogP contribution in [0.25, 0.3) is 11.0 Å². The fourth-order valence-corrected chi connectivity index (χ4v) is 9.23. The van der Waals surface area contributed by atoms with Crippen molar-refractivity contribution in [3.8, 4) is 0 Å². The number of ether oxygens (including phenoxy) is 4. The number of carbonyl (C=O) groups excluding carboxylic acids is 5. The Balaban J connectivity index is 0.702. The van der Waals surface area contributed by atoms with Crippen LogP contribution < -0.4 is 26.2 Å². The molecule has 334 valence electrons. The van der Waals surface area contributed by atoms with Crippen molar-refractivity contribution in [1.29, 1.82) is 0 Å². The van der Waals surface area contributed by atoms with Crippen LogP contribution in [0.1, 0.15) is 78.1 Å². The lowest BCUT2D eigenvalue weighted by Crippen LogP contribution is -2.54. The van der Waals surface area contributed by atoms with E-state index in [1.807, 2.05) is 0 Å². The highest BCUT2D eigenvalue weighted by Crippen LogP contribution is 2.33. The Labute approximate surface area is 357 Å². The third-order valence-corrected chi connectivity index (χ3v) is 12.7. The topological polar surface area (TPSA) is 259 Å². The van der Waals surface area contributed by atoms with Gasteiger partial charge in [0, 0.05) is 55.8 Å². The Kier molecular flexibility index (Phi) is 15.0. The third-order valence-electron chi connectivity index (χ3n) is 11.1. The summed E-state index contributed by atoms with van der Waals surface area (Å²) >= 11 is 0. The zero-order chi connectivity index (χ0) is 43.6. The van der Waals surface area contributed by atoms with Crippen LogP contribution in [0, 0.1) is 0 Å². The Bertz CT molecular complexity index is 2310. The molecule has 1 saturated carbocycles. The van der Waals surface area contributed by atoms with Crippen LogP contribution in [0.3, 0.4) is 0 Å². The molecule has 4 N–H and O–H groups in total. The van der Waals surface area contributed by atoms with Crippen LogP contribution in [0.15, 0.2) is 41.3 Å². The van der Waals surface area contributed by atoms with Crippen molar-refractivity contribution in [2.24, 2.45) is 0 Å². The van der Waals surface area contributed by atoms with Gasteiger partial charge in [-0.1, -0.05) is 18.9 Å². The maximum absolute atomic E-state index is 13.2. The first kappa shape index (κ1) is 44.8. The fourth-order valence-electron chi connectivity index (χ4n) is 8.01. The molecule has 4 aliphatic rings. The molecule has 0 bridgehead atoms. The van der Waals surface area contributed by atoms with Crippen molar-refractivity contribution in [2.75, 3.05) is 83.1 Å². The van der Waals surface area contributed by atoms with Crippen LogP contribution in [-0.4, -0.2) is 146 Å². The van der Waals surface area contributed by atoms with E-state index < -0.39 is 45.8 Å². The lowest BCUT2D eigenvalue weighted by molar-refractivity contribution is -0.136. The zero-order valence-corrected chi connectivity index (χ0v) is 35.0. The maximum Gasteiger partial charge on any atom is 0.279 e. The number of hydrogen-bond donors (Lipinski definition) is 4. The average molecular weight is 882 g/mol. The normalized spacial score (nSPS) is 19.0. The van der Waals surface area contributed by atoms with Crippen LogP contribution in [0.2, 0.25) is 0 Å².